The van der Waals surface area contributed by atoms with Crippen LogP contribution in [-0.4, -0.2) is 21.5 Å². The minimum absolute atomic E-state index is 0.0291. The highest BCUT2D eigenvalue weighted by Gasteiger charge is 2.26. The van der Waals surface area contributed by atoms with Gasteiger partial charge in [-0.15, -0.1) is 0 Å². The SMILES string of the molecule is CC(C)c1ccc(S(=O)(=O)Nc2c(N3CCCC3)c3ccccc3oc2=O)cc1. The lowest BCUT2D eigenvalue weighted by molar-refractivity contribution is 0.562. The molecule has 0 radical (unpaired) electrons. The number of fused-ring (bicyclic) bond motifs is 1. The second kappa shape index (κ2) is 7.55. The molecular weight excluding hydrogens is 388 g/mol. The van der Waals surface area contributed by atoms with E-state index in [9.17, 15) is 13.2 Å². The summed E-state index contributed by atoms with van der Waals surface area (Å²) in [7, 11) is -3.94. The van der Waals surface area contributed by atoms with Crippen LogP contribution in [0.25, 0.3) is 11.0 Å². The zero-order chi connectivity index (χ0) is 20.6. The maximum Gasteiger partial charge on any atom is 0.363 e. The molecule has 1 N–H and O–H groups in total. The zero-order valence-corrected chi connectivity index (χ0v) is 17.3. The fourth-order valence-corrected chi connectivity index (χ4v) is 4.78. The van der Waals surface area contributed by atoms with Gasteiger partial charge in [0.2, 0.25) is 0 Å². The predicted octanol–water partition coefficient (Wildman–Crippen LogP) is 4.32. The summed E-state index contributed by atoms with van der Waals surface area (Å²) in [5.41, 5.74) is 1.37. The van der Waals surface area contributed by atoms with Crippen LogP contribution in [0.1, 0.15) is 38.2 Å². The Kier molecular flexibility index (Phi) is 5.08. The fraction of sp³-hybridized carbons (Fsp3) is 0.318. The average Bonchev–Trinajstić information content (AvgIpc) is 3.23. The van der Waals surface area contributed by atoms with Gasteiger partial charge in [-0.25, -0.2) is 13.2 Å². The maximum absolute atomic E-state index is 13.0. The van der Waals surface area contributed by atoms with E-state index < -0.39 is 15.6 Å². The first-order chi connectivity index (χ1) is 13.9. The Hall–Kier alpha value is -2.80. The quantitative estimate of drug-likeness (QED) is 0.632. The van der Waals surface area contributed by atoms with Crippen LogP contribution in [0.4, 0.5) is 11.4 Å². The minimum Gasteiger partial charge on any atom is -0.421 e. The molecule has 3 aromatic rings. The smallest absolute Gasteiger partial charge is 0.363 e. The number of nitrogens with one attached hydrogen (secondary N) is 1. The summed E-state index contributed by atoms with van der Waals surface area (Å²) in [6, 6.07) is 13.9. The Bertz CT molecular complexity index is 1190. The highest BCUT2D eigenvalue weighted by atomic mass is 32.2. The van der Waals surface area contributed by atoms with Gasteiger partial charge in [-0.05, 0) is 48.6 Å². The number of benzene rings is 2. The van der Waals surface area contributed by atoms with Gasteiger partial charge in [-0.1, -0.05) is 38.1 Å². The Morgan fingerprint density at radius 1 is 1.00 bits per heavy atom. The topological polar surface area (TPSA) is 79.6 Å². The van der Waals surface area contributed by atoms with Gasteiger partial charge in [-0.3, -0.25) is 4.72 Å². The summed E-state index contributed by atoms with van der Waals surface area (Å²) in [5.74, 6) is 0.300. The van der Waals surface area contributed by atoms with Crippen molar-refractivity contribution in [3.05, 3.63) is 64.5 Å². The first-order valence-corrected chi connectivity index (χ1v) is 11.3. The third-order valence-electron chi connectivity index (χ3n) is 5.30. The van der Waals surface area contributed by atoms with E-state index in [1.54, 1.807) is 36.4 Å². The van der Waals surface area contributed by atoms with Crippen LogP contribution in [-0.2, 0) is 10.0 Å². The lowest BCUT2D eigenvalue weighted by Gasteiger charge is -2.22. The molecule has 0 amide bonds. The molecule has 152 valence electrons. The summed E-state index contributed by atoms with van der Waals surface area (Å²) in [4.78, 5) is 14.9. The van der Waals surface area contributed by atoms with E-state index in [1.807, 2.05) is 26.0 Å². The number of hydrogen-bond donors (Lipinski definition) is 1. The molecule has 0 spiro atoms. The molecule has 1 aromatic heterocycles. The number of sulfonamides is 1. The third-order valence-corrected chi connectivity index (χ3v) is 6.67. The van der Waals surface area contributed by atoms with E-state index >= 15 is 0 Å². The Balaban J connectivity index is 1.82. The van der Waals surface area contributed by atoms with Crippen molar-refractivity contribution in [2.75, 3.05) is 22.7 Å². The Labute approximate surface area is 170 Å². The van der Waals surface area contributed by atoms with Crippen LogP contribution in [0.3, 0.4) is 0 Å². The number of nitrogens with zero attached hydrogens (tertiary/aromatic N) is 1. The van der Waals surface area contributed by atoms with Crippen LogP contribution in [0.15, 0.2) is 62.6 Å². The highest BCUT2D eigenvalue weighted by molar-refractivity contribution is 7.92. The molecule has 0 bridgehead atoms. The van der Waals surface area contributed by atoms with Gasteiger partial charge in [0.1, 0.15) is 5.58 Å². The van der Waals surface area contributed by atoms with Crippen LogP contribution < -0.4 is 15.2 Å². The summed E-state index contributed by atoms with van der Waals surface area (Å²) in [6.45, 7) is 5.63. The largest absolute Gasteiger partial charge is 0.421 e. The lowest BCUT2D eigenvalue weighted by atomic mass is 10.0. The van der Waals surface area contributed by atoms with Crippen LogP contribution in [0.5, 0.6) is 0 Å². The number of anilines is 2. The van der Waals surface area contributed by atoms with Crippen molar-refractivity contribution in [3.8, 4) is 0 Å². The van der Waals surface area contributed by atoms with Crippen LogP contribution in [0.2, 0.25) is 0 Å². The van der Waals surface area contributed by atoms with Gasteiger partial charge in [0.15, 0.2) is 5.69 Å². The number of para-hydroxylation sites is 1. The molecule has 29 heavy (non-hydrogen) atoms. The Morgan fingerprint density at radius 2 is 1.66 bits per heavy atom. The molecule has 2 heterocycles. The standard InChI is InChI=1S/C22H24N2O4S/c1-15(2)16-9-11-17(12-10-16)29(26,27)23-20-21(24-13-5-6-14-24)18-7-3-4-8-19(18)28-22(20)25/h3-4,7-12,15,23H,5-6,13-14H2,1-2H3. The van der Waals surface area contributed by atoms with Gasteiger partial charge in [0, 0.05) is 18.5 Å². The van der Waals surface area contributed by atoms with E-state index in [0.29, 0.717) is 17.2 Å². The van der Waals surface area contributed by atoms with E-state index in [1.165, 1.54) is 0 Å². The van der Waals surface area contributed by atoms with Gasteiger partial charge in [0.25, 0.3) is 10.0 Å². The zero-order valence-electron chi connectivity index (χ0n) is 16.5. The molecule has 0 saturated carbocycles. The van der Waals surface area contributed by atoms with Gasteiger partial charge < -0.3 is 9.32 Å². The normalized spacial score (nSPS) is 14.7. The van der Waals surface area contributed by atoms with Crippen molar-refractivity contribution in [1.82, 2.24) is 0 Å². The van der Waals surface area contributed by atoms with Gasteiger partial charge >= 0.3 is 5.63 Å². The lowest BCUT2D eigenvalue weighted by Crippen LogP contribution is -2.25. The predicted molar refractivity (Wildman–Crippen MR) is 115 cm³/mol. The highest BCUT2D eigenvalue weighted by Crippen LogP contribution is 2.35. The molecule has 0 aliphatic carbocycles. The molecule has 0 atom stereocenters. The summed E-state index contributed by atoms with van der Waals surface area (Å²) in [5, 5.41) is 0.724. The summed E-state index contributed by atoms with van der Waals surface area (Å²) in [6.07, 6.45) is 1.99. The first-order valence-electron chi connectivity index (χ1n) is 9.80. The van der Waals surface area contributed by atoms with Gasteiger partial charge in [0.05, 0.1) is 10.6 Å². The molecule has 1 fully saturated rings. The van der Waals surface area contributed by atoms with Crippen molar-refractivity contribution in [2.24, 2.45) is 0 Å². The Morgan fingerprint density at radius 3 is 2.31 bits per heavy atom. The number of rotatable bonds is 5. The van der Waals surface area contributed by atoms with E-state index in [2.05, 4.69) is 9.62 Å². The fourth-order valence-electron chi connectivity index (χ4n) is 3.72. The van der Waals surface area contributed by atoms with Crippen molar-refractivity contribution < 1.29 is 12.8 Å². The molecule has 1 aliphatic rings. The molecule has 6 nitrogen and oxygen atoms in total. The molecule has 1 saturated heterocycles. The van der Waals surface area contributed by atoms with Crippen LogP contribution >= 0.6 is 0 Å². The third kappa shape index (κ3) is 3.74. The van der Waals surface area contributed by atoms with Gasteiger partial charge in [-0.2, -0.15) is 0 Å². The molecule has 7 heteroatoms. The summed E-state index contributed by atoms with van der Waals surface area (Å²) >= 11 is 0. The van der Waals surface area contributed by atoms with E-state index in [0.717, 1.165) is 36.9 Å². The summed E-state index contributed by atoms with van der Waals surface area (Å²) < 4.78 is 34.0. The molecule has 4 rings (SSSR count). The molecule has 1 aliphatic heterocycles. The molecule has 0 unspecified atom stereocenters. The number of hydrogen-bond acceptors (Lipinski definition) is 5. The van der Waals surface area contributed by atoms with Crippen molar-refractivity contribution >= 4 is 32.4 Å². The first kappa shape index (κ1) is 19.5. The van der Waals surface area contributed by atoms with Crippen molar-refractivity contribution in [2.45, 2.75) is 37.5 Å². The van der Waals surface area contributed by atoms with E-state index in [4.69, 9.17) is 4.42 Å². The van der Waals surface area contributed by atoms with Crippen molar-refractivity contribution in [3.63, 3.8) is 0 Å². The molecular formula is C22H24N2O4S. The minimum atomic E-state index is -3.94. The average molecular weight is 413 g/mol. The van der Waals surface area contributed by atoms with Crippen LogP contribution in [0, 0.1) is 0 Å². The second-order valence-corrected chi connectivity index (χ2v) is 9.32. The van der Waals surface area contributed by atoms with E-state index in [-0.39, 0.29) is 10.6 Å². The van der Waals surface area contributed by atoms with Crippen molar-refractivity contribution in [1.29, 1.82) is 0 Å². The maximum atomic E-state index is 13.0. The second-order valence-electron chi connectivity index (χ2n) is 7.63. The molecule has 2 aromatic carbocycles. The monoisotopic (exact) mass is 412 g/mol.